The van der Waals surface area contributed by atoms with Crippen LogP contribution in [0.5, 0.6) is 0 Å². The lowest BCUT2D eigenvalue weighted by Crippen LogP contribution is -2.32. The molecule has 110 valence electrons. The maximum Gasteiger partial charge on any atom is 0.250 e. The zero-order valence-electron chi connectivity index (χ0n) is 11.6. The molecule has 0 aliphatic heterocycles. The molecule has 1 atom stereocenters. The summed E-state index contributed by atoms with van der Waals surface area (Å²) >= 11 is 0. The molecule has 2 N–H and O–H groups in total. The summed E-state index contributed by atoms with van der Waals surface area (Å²) in [6, 6.07) is 13.7. The number of nitrogens with zero attached hydrogens (tertiary/aromatic N) is 1. The molecule has 1 aromatic heterocycles. The van der Waals surface area contributed by atoms with Crippen LogP contribution < -0.4 is 10.9 Å². The Hall–Kier alpha value is -2.40. The van der Waals surface area contributed by atoms with Gasteiger partial charge in [-0.3, -0.25) is 9.59 Å². The average Bonchev–Trinajstić information content (AvgIpc) is 2.52. The smallest absolute Gasteiger partial charge is 0.250 e. The van der Waals surface area contributed by atoms with E-state index in [0.717, 1.165) is 5.56 Å². The molecule has 1 amide bonds. The lowest BCUT2D eigenvalue weighted by molar-refractivity contribution is -0.122. The van der Waals surface area contributed by atoms with Gasteiger partial charge in [-0.05, 0) is 11.6 Å². The van der Waals surface area contributed by atoms with Gasteiger partial charge in [-0.2, -0.15) is 0 Å². The quantitative estimate of drug-likeness (QED) is 0.835. The summed E-state index contributed by atoms with van der Waals surface area (Å²) < 4.78 is 1.48. The third-order valence-electron chi connectivity index (χ3n) is 3.20. The Morgan fingerprint density at radius 3 is 2.52 bits per heavy atom. The fourth-order valence-electron chi connectivity index (χ4n) is 2.05. The molecule has 0 saturated heterocycles. The highest BCUT2D eigenvalue weighted by atomic mass is 16.3. The standard InChI is InChI=1S/C16H18N2O3/c19-12-14(13-6-2-1-3-7-13)17-15(20)9-11-18-10-5-4-8-16(18)21/h1-8,10,14,19H,9,11-12H2,(H,17,20). The van der Waals surface area contributed by atoms with E-state index in [1.807, 2.05) is 30.3 Å². The number of hydrogen-bond donors (Lipinski definition) is 2. The first-order valence-corrected chi connectivity index (χ1v) is 6.81. The van der Waals surface area contributed by atoms with Crippen LogP contribution in [0.15, 0.2) is 59.5 Å². The van der Waals surface area contributed by atoms with Gasteiger partial charge in [0.25, 0.3) is 5.56 Å². The molecule has 1 unspecified atom stereocenters. The zero-order chi connectivity index (χ0) is 15.1. The average molecular weight is 286 g/mol. The molecule has 1 aromatic carbocycles. The van der Waals surface area contributed by atoms with Crippen LogP contribution in [0.2, 0.25) is 0 Å². The second kappa shape index (κ2) is 7.40. The van der Waals surface area contributed by atoms with E-state index in [1.54, 1.807) is 18.3 Å². The number of carbonyl (C=O) groups excluding carboxylic acids is 1. The Morgan fingerprint density at radius 1 is 1.14 bits per heavy atom. The van der Waals surface area contributed by atoms with E-state index in [0.29, 0.717) is 6.54 Å². The molecule has 2 aromatic rings. The van der Waals surface area contributed by atoms with Gasteiger partial charge < -0.3 is 15.0 Å². The van der Waals surface area contributed by atoms with Crippen molar-refractivity contribution in [3.8, 4) is 0 Å². The second-order valence-corrected chi connectivity index (χ2v) is 4.70. The van der Waals surface area contributed by atoms with Gasteiger partial charge in [-0.1, -0.05) is 36.4 Å². The molecule has 0 fully saturated rings. The van der Waals surface area contributed by atoms with Crippen molar-refractivity contribution in [2.24, 2.45) is 0 Å². The molecule has 21 heavy (non-hydrogen) atoms. The molecule has 0 aliphatic carbocycles. The number of rotatable bonds is 6. The molecule has 2 rings (SSSR count). The first-order chi connectivity index (χ1) is 10.2. The Balaban J connectivity index is 1.92. The minimum atomic E-state index is -0.425. The van der Waals surface area contributed by atoms with Crippen molar-refractivity contribution in [1.29, 1.82) is 0 Å². The van der Waals surface area contributed by atoms with E-state index in [-0.39, 0.29) is 24.5 Å². The number of aliphatic hydroxyl groups excluding tert-OH is 1. The SMILES string of the molecule is O=C(CCn1ccccc1=O)NC(CO)c1ccccc1. The van der Waals surface area contributed by atoms with Gasteiger partial charge in [0.15, 0.2) is 0 Å². The van der Waals surface area contributed by atoms with Crippen LogP contribution >= 0.6 is 0 Å². The van der Waals surface area contributed by atoms with E-state index >= 15 is 0 Å². The summed E-state index contributed by atoms with van der Waals surface area (Å²) in [7, 11) is 0. The van der Waals surface area contributed by atoms with Crippen molar-refractivity contribution in [3.05, 3.63) is 70.6 Å². The Bertz CT molecular complexity index is 637. The maximum atomic E-state index is 11.9. The minimum absolute atomic E-state index is 0.132. The molecular weight excluding hydrogens is 268 g/mol. The molecule has 0 aliphatic rings. The molecule has 0 radical (unpaired) electrons. The van der Waals surface area contributed by atoms with Gasteiger partial charge >= 0.3 is 0 Å². The van der Waals surface area contributed by atoms with E-state index in [1.165, 1.54) is 10.6 Å². The van der Waals surface area contributed by atoms with Crippen molar-refractivity contribution in [2.75, 3.05) is 6.61 Å². The largest absolute Gasteiger partial charge is 0.394 e. The fourth-order valence-corrected chi connectivity index (χ4v) is 2.05. The lowest BCUT2D eigenvalue weighted by atomic mass is 10.1. The van der Waals surface area contributed by atoms with Gasteiger partial charge in [0, 0.05) is 25.2 Å². The number of carbonyl (C=O) groups is 1. The monoisotopic (exact) mass is 286 g/mol. The molecule has 0 saturated carbocycles. The van der Waals surface area contributed by atoms with Gasteiger partial charge in [-0.25, -0.2) is 0 Å². The molecular formula is C16H18N2O3. The number of nitrogens with one attached hydrogen (secondary N) is 1. The van der Waals surface area contributed by atoms with Crippen LogP contribution in [0.3, 0.4) is 0 Å². The van der Waals surface area contributed by atoms with Crippen molar-refractivity contribution in [2.45, 2.75) is 19.0 Å². The van der Waals surface area contributed by atoms with E-state index < -0.39 is 6.04 Å². The summed E-state index contributed by atoms with van der Waals surface area (Å²) in [5.41, 5.74) is 0.720. The van der Waals surface area contributed by atoms with Crippen LogP contribution in [-0.4, -0.2) is 22.2 Å². The van der Waals surface area contributed by atoms with Crippen molar-refractivity contribution >= 4 is 5.91 Å². The van der Waals surface area contributed by atoms with Crippen LogP contribution in [0, 0.1) is 0 Å². The van der Waals surface area contributed by atoms with Crippen molar-refractivity contribution in [1.82, 2.24) is 9.88 Å². The summed E-state index contributed by atoms with van der Waals surface area (Å²) in [5, 5.41) is 12.2. The number of pyridine rings is 1. The predicted octanol–water partition coefficient (Wildman–Crippen LogP) is 1.09. The van der Waals surface area contributed by atoms with Gasteiger partial charge in [0.05, 0.1) is 12.6 Å². The van der Waals surface area contributed by atoms with Crippen molar-refractivity contribution in [3.63, 3.8) is 0 Å². The highest BCUT2D eigenvalue weighted by molar-refractivity contribution is 5.76. The summed E-state index contributed by atoms with van der Waals surface area (Å²) in [6.45, 7) is 0.152. The highest BCUT2D eigenvalue weighted by Crippen LogP contribution is 2.11. The normalized spacial score (nSPS) is 11.9. The van der Waals surface area contributed by atoms with Gasteiger partial charge in [-0.15, -0.1) is 0 Å². The number of aryl methyl sites for hydroxylation is 1. The van der Waals surface area contributed by atoms with Crippen LogP contribution in [0.1, 0.15) is 18.0 Å². The molecule has 0 spiro atoms. The lowest BCUT2D eigenvalue weighted by Gasteiger charge is -2.16. The Morgan fingerprint density at radius 2 is 1.86 bits per heavy atom. The Kier molecular flexibility index (Phi) is 5.29. The van der Waals surface area contributed by atoms with Crippen molar-refractivity contribution < 1.29 is 9.90 Å². The molecule has 1 heterocycles. The third kappa shape index (κ3) is 4.29. The second-order valence-electron chi connectivity index (χ2n) is 4.70. The minimum Gasteiger partial charge on any atom is -0.394 e. The predicted molar refractivity (Wildman–Crippen MR) is 79.7 cm³/mol. The van der Waals surface area contributed by atoms with Crippen LogP contribution in [-0.2, 0) is 11.3 Å². The highest BCUT2D eigenvalue weighted by Gasteiger charge is 2.13. The van der Waals surface area contributed by atoms with E-state index in [4.69, 9.17) is 0 Å². The van der Waals surface area contributed by atoms with Crippen LogP contribution in [0.4, 0.5) is 0 Å². The van der Waals surface area contributed by atoms with Gasteiger partial charge in [0.1, 0.15) is 0 Å². The van der Waals surface area contributed by atoms with Gasteiger partial charge in [0.2, 0.25) is 5.91 Å². The fraction of sp³-hybridized carbons (Fsp3) is 0.250. The number of aromatic nitrogens is 1. The molecule has 0 bridgehead atoms. The summed E-state index contributed by atoms with van der Waals surface area (Å²) in [4.78, 5) is 23.5. The number of aliphatic hydroxyl groups is 1. The number of hydrogen-bond acceptors (Lipinski definition) is 3. The zero-order valence-corrected chi connectivity index (χ0v) is 11.6. The van der Waals surface area contributed by atoms with Crippen LogP contribution in [0.25, 0.3) is 0 Å². The molecule has 5 nitrogen and oxygen atoms in total. The Labute approximate surface area is 122 Å². The summed E-state index contributed by atoms with van der Waals surface area (Å²) in [5.74, 6) is -0.200. The number of benzene rings is 1. The first-order valence-electron chi connectivity index (χ1n) is 6.81. The van der Waals surface area contributed by atoms with E-state index in [9.17, 15) is 14.7 Å². The number of amides is 1. The summed E-state index contributed by atoms with van der Waals surface area (Å²) in [6.07, 6.45) is 1.84. The van der Waals surface area contributed by atoms with E-state index in [2.05, 4.69) is 5.32 Å². The first kappa shape index (κ1) is 15.0. The maximum absolute atomic E-state index is 11.9. The topological polar surface area (TPSA) is 71.3 Å². The molecule has 5 heteroatoms. The third-order valence-corrected chi connectivity index (χ3v) is 3.20.